The molecule has 0 atom stereocenters. The van der Waals surface area contributed by atoms with Gasteiger partial charge in [-0.2, -0.15) is 0 Å². The average molecular weight is 297 g/mol. The van der Waals surface area contributed by atoms with Gasteiger partial charge in [0.1, 0.15) is 0 Å². The minimum Gasteiger partial charge on any atom is -0.310 e. The van der Waals surface area contributed by atoms with Gasteiger partial charge in [0.25, 0.3) is 5.69 Å². The summed E-state index contributed by atoms with van der Waals surface area (Å²) < 4.78 is 0. The molecular weight excluding hydrogens is 276 g/mol. The van der Waals surface area contributed by atoms with Crippen LogP contribution in [0.25, 0.3) is 0 Å². The van der Waals surface area contributed by atoms with Gasteiger partial charge in [0.15, 0.2) is 0 Å². The van der Waals surface area contributed by atoms with Gasteiger partial charge in [0.2, 0.25) is 0 Å². The lowest BCUT2D eigenvalue weighted by molar-refractivity contribution is -0.385. The Balaban J connectivity index is 1.94. The van der Waals surface area contributed by atoms with Gasteiger partial charge in [0, 0.05) is 29.2 Å². The maximum absolute atomic E-state index is 11.0. The van der Waals surface area contributed by atoms with Crippen LogP contribution in [0, 0.1) is 16.0 Å². The third kappa shape index (κ3) is 3.93. The van der Waals surface area contributed by atoms with Crippen LogP contribution in [-0.2, 0) is 6.54 Å². The maximum atomic E-state index is 11.0. The largest absolute Gasteiger partial charge is 0.310 e. The number of benzene rings is 1. The maximum Gasteiger partial charge on any atom is 0.273 e. The Morgan fingerprint density at radius 1 is 1.35 bits per heavy atom. The molecule has 0 heterocycles. The average Bonchev–Trinajstić information content (AvgIpc) is 2.45. The van der Waals surface area contributed by atoms with Gasteiger partial charge in [0.05, 0.1) is 4.92 Å². The SMILES string of the molecule is CCC1CCC(NCc2cc(Cl)ccc2[N+](=O)[O-])CC1. The van der Waals surface area contributed by atoms with Crippen molar-refractivity contribution in [3.05, 3.63) is 38.9 Å². The number of halogens is 1. The van der Waals surface area contributed by atoms with Crippen molar-refractivity contribution in [3.8, 4) is 0 Å². The van der Waals surface area contributed by atoms with E-state index in [2.05, 4.69) is 12.2 Å². The third-order valence-corrected chi connectivity index (χ3v) is 4.48. The molecule has 20 heavy (non-hydrogen) atoms. The molecule has 1 N–H and O–H groups in total. The first-order chi connectivity index (χ1) is 9.60. The molecule has 0 aromatic heterocycles. The Hall–Kier alpha value is -1.13. The lowest BCUT2D eigenvalue weighted by Gasteiger charge is -2.28. The molecule has 0 bridgehead atoms. The molecule has 0 saturated heterocycles. The molecule has 0 amide bonds. The molecule has 1 aliphatic carbocycles. The van der Waals surface area contributed by atoms with Crippen molar-refractivity contribution in [2.24, 2.45) is 5.92 Å². The highest BCUT2D eigenvalue weighted by molar-refractivity contribution is 6.30. The third-order valence-electron chi connectivity index (χ3n) is 4.24. The zero-order valence-electron chi connectivity index (χ0n) is 11.8. The van der Waals surface area contributed by atoms with Crippen molar-refractivity contribution < 1.29 is 4.92 Å². The molecule has 4 nitrogen and oxygen atoms in total. The van der Waals surface area contributed by atoms with Crippen molar-refractivity contribution >= 4 is 17.3 Å². The molecule has 1 aliphatic rings. The molecule has 1 saturated carbocycles. The Morgan fingerprint density at radius 2 is 2.05 bits per heavy atom. The van der Waals surface area contributed by atoms with E-state index < -0.39 is 0 Å². The predicted molar refractivity (Wildman–Crippen MR) is 81.0 cm³/mol. The summed E-state index contributed by atoms with van der Waals surface area (Å²) in [7, 11) is 0. The second-order valence-electron chi connectivity index (χ2n) is 5.54. The molecule has 110 valence electrons. The zero-order chi connectivity index (χ0) is 14.5. The Bertz CT molecular complexity index is 471. The van der Waals surface area contributed by atoms with Gasteiger partial charge < -0.3 is 5.32 Å². The highest BCUT2D eigenvalue weighted by Crippen LogP contribution is 2.27. The van der Waals surface area contributed by atoms with E-state index in [0.717, 1.165) is 18.8 Å². The summed E-state index contributed by atoms with van der Waals surface area (Å²) >= 11 is 5.93. The summed E-state index contributed by atoms with van der Waals surface area (Å²) in [5.74, 6) is 0.855. The van der Waals surface area contributed by atoms with Crippen molar-refractivity contribution in [1.29, 1.82) is 0 Å². The van der Waals surface area contributed by atoms with E-state index in [1.165, 1.54) is 25.3 Å². The van der Waals surface area contributed by atoms with E-state index in [-0.39, 0.29) is 10.6 Å². The number of nitrogens with zero attached hydrogens (tertiary/aromatic N) is 1. The van der Waals surface area contributed by atoms with E-state index in [1.54, 1.807) is 12.1 Å². The summed E-state index contributed by atoms with van der Waals surface area (Å²) in [5, 5.41) is 15.0. The highest BCUT2D eigenvalue weighted by atomic mass is 35.5. The molecule has 1 fully saturated rings. The normalized spacial score (nSPS) is 22.7. The van der Waals surface area contributed by atoms with E-state index in [0.29, 0.717) is 23.2 Å². The Labute approximate surface area is 124 Å². The fourth-order valence-electron chi connectivity index (χ4n) is 2.90. The van der Waals surface area contributed by atoms with E-state index in [1.807, 2.05) is 0 Å². The highest BCUT2D eigenvalue weighted by Gasteiger charge is 2.21. The van der Waals surface area contributed by atoms with Gasteiger partial charge in [-0.1, -0.05) is 24.9 Å². The summed E-state index contributed by atoms with van der Waals surface area (Å²) in [5.41, 5.74) is 0.809. The van der Waals surface area contributed by atoms with E-state index in [4.69, 9.17) is 11.6 Å². The lowest BCUT2D eigenvalue weighted by atomic mass is 9.84. The first-order valence-corrected chi connectivity index (χ1v) is 7.64. The molecule has 5 heteroatoms. The standard InChI is InChI=1S/C15H21ClN2O2/c1-2-11-3-6-14(7-4-11)17-10-12-9-13(16)5-8-15(12)18(19)20/h5,8-9,11,14,17H,2-4,6-7,10H2,1H3. The van der Waals surface area contributed by atoms with Gasteiger partial charge in [-0.25, -0.2) is 0 Å². The minimum absolute atomic E-state index is 0.143. The quantitative estimate of drug-likeness (QED) is 0.651. The first kappa shape index (κ1) is 15.3. The monoisotopic (exact) mass is 296 g/mol. The summed E-state index contributed by atoms with van der Waals surface area (Å²) in [6.07, 6.45) is 6.09. The number of hydrogen-bond donors (Lipinski definition) is 1. The second-order valence-corrected chi connectivity index (χ2v) is 5.97. The van der Waals surface area contributed by atoms with Crippen LogP contribution in [0.1, 0.15) is 44.6 Å². The van der Waals surface area contributed by atoms with Crippen molar-refractivity contribution in [2.75, 3.05) is 0 Å². The number of hydrogen-bond acceptors (Lipinski definition) is 3. The fraction of sp³-hybridized carbons (Fsp3) is 0.600. The van der Waals surface area contributed by atoms with Crippen LogP contribution in [0.2, 0.25) is 5.02 Å². The fourth-order valence-corrected chi connectivity index (χ4v) is 3.10. The second kappa shape index (κ2) is 7.04. The number of nitro benzene ring substituents is 1. The minimum atomic E-state index is -0.346. The Kier molecular flexibility index (Phi) is 5.38. The van der Waals surface area contributed by atoms with Gasteiger partial charge in [-0.05, 0) is 43.7 Å². The summed E-state index contributed by atoms with van der Waals surface area (Å²) in [6, 6.07) is 5.20. The molecule has 0 aliphatic heterocycles. The van der Waals surface area contributed by atoms with E-state index >= 15 is 0 Å². The zero-order valence-corrected chi connectivity index (χ0v) is 12.5. The molecule has 2 rings (SSSR count). The van der Waals surface area contributed by atoms with Crippen LogP contribution in [0.4, 0.5) is 5.69 Å². The first-order valence-electron chi connectivity index (χ1n) is 7.26. The number of nitrogens with one attached hydrogen (secondary N) is 1. The topological polar surface area (TPSA) is 55.2 Å². The predicted octanol–water partition coefficient (Wildman–Crippen LogP) is 4.31. The molecule has 0 spiro atoms. The molecular formula is C15H21ClN2O2. The smallest absolute Gasteiger partial charge is 0.273 e. The van der Waals surface area contributed by atoms with Gasteiger partial charge >= 0.3 is 0 Å². The number of rotatable bonds is 5. The molecule has 0 unspecified atom stereocenters. The molecule has 0 radical (unpaired) electrons. The van der Waals surface area contributed by atoms with Crippen LogP contribution in [0.15, 0.2) is 18.2 Å². The molecule has 1 aromatic rings. The van der Waals surface area contributed by atoms with Crippen LogP contribution < -0.4 is 5.32 Å². The molecule has 1 aromatic carbocycles. The summed E-state index contributed by atoms with van der Waals surface area (Å²) in [6.45, 7) is 2.76. The van der Waals surface area contributed by atoms with Crippen LogP contribution in [-0.4, -0.2) is 11.0 Å². The Morgan fingerprint density at radius 3 is 2.65 bits per heavy atom. The van der Waals surface area contributed by atoms with E-state index in [9.17, 15) is 10.1 Å². The van der Waals surface area contributed by atoms with Crippen LogP contribution in [0.3, 0.4) is 0 Å². The summed E-state index contributed by atoms with van der Waals surface area (Å²) in [4.78, 5) is 10.7. The van der Waals surface area contributed by atoms with Crippen molar-refractivity contribution in [1.82, 2.24) is 5.32 Å². The van der Waals surface area contributed by atoms with Crippen LogP contribution in [0.5, 0.6) is 0 Å². The van der Waals surface area contributed by atoms with Crippen molar-refractivity contribution in [2.45, 2.75) is 51.6 Å². The van der Waals surface area contributed by atoms with Gasteiger partial charge in [-0.15, -0.1) is 0 Å². The van der Waals surface area contributed by atoms with Crippen molar-refractivity contribution in [3.63, 3.8) is 0 Å². The van der Waals surface area contributed by atoms with Gasteiger partial charge in [-0.3, -0.25) is 10.1 Å². The van der Waals surface area contributed by atoms with Crippen LogP contribution >= 0.6 is 11.6 Å². The lowest BCUT2D eigenvalue weighted by Crippen LogP contribution is -2.32. The number of nitro groups is 1.